The van der Waals surface area contributed by atoms with Crippen LogP contribution in [0.15, 0.2) is 48.5 Å². The van der Waals surface area contributed by atoms with E-state index >= 15 is 0 Å². The number of rotatable bonds is 4. The third kappa shape index (κ3) is 4.99. The molecule has 2 fully saturated rings. The first-order valence-electron chi connectivity index (χ1n) is 10.9. The second kappa shape index (κ2) is 8.08. The molecule has 2 aromatic carbocycles. The standard InChI is InChI=1S/C25H27F3N2O3/c1-23(2,3)33-22(32)30-14-20-12-24(20,15-30)21(31)29-13-16-5-4-6-18(11-16)17-7-9-19(10-8-17)25(26,27)28/h4-11,20H,12-15H2,1-3H3,(H,29,31)/t20-,24+/m0/s1. The van der Waals surface area contributed by atoms with Crippen molar-refractivity contribution < 1.29 is 27.5 Å². The summed E-state index contributed by atoms with van der Waals surface area (Å²) in [5.41, 5.74) is 0.455. The van der Waals surface area contributed by atoms with Crippen LogP contribution in [0, 0.1) is 11.3 Å². The van der Waals surface area contributed by atoms with Gasteiger partial charge in [0.15, 0.2) is 0 Å². The lowest BCUT2D eigenvalue weighted by Gasteiger charge is -2.26. The van der Waals surface area contributed by atoms with Crippen molar-refractivity contribution in [1.82, 2.24) is 10.2 Å². The average molecular weight is 460 g/mol. The van der Waals surface area contributed by atoms with Gasteiger partial charge in [0.2, 0.25) is 5.91 Å². The number of alkyl halides is 3. The summed E-state index contributed by atoms with van der Waals surface area (Å²) in [6.07, 6.45) is -4.01. The summed E-state index contributed by atoms with van der Waals surface area (Å²) in [6.45, 7) is 6.60. The van der Waals surface area contributed by atoms with Gasteiger partial charge in [-0.25, -0.2) is 4.79 Å². The number of ether oxygens (including phenoxy) is 1. The minimum atomic E-state index is -4.37. The molecular weight excluding hydrogens is 433 g/mol. The van der Waals surface area contributed by atoms with Crippen LogP contribution in [0.25, 0.3) is 11.1 Å². The van der Waals surface area contributed by atoms with Crippen LogP contribution in [0.3, 0.4) is 0 Å². The van der Waals surface area contributed by atoms with E-state index in [0.29, 0.717) is 25.2 Å². The van der Waals surface area contributed by atoms with Crippen molar-refractivity contribution in [2.24, 2.45) is 11.3 Å². The van der Waals surface area contributed by atoms with E-state index in [-0.39, 0.29) is 11.8 Å². The van der Waals surface area contributed by atoms with Crippen molar-refractivity contribution >= 4 is 12.0 Å². The van der Waals surface area contributed by atoms with Crippen molar-refractivity contribution in [3.8, 4) is 11.1 Å². The maximum Gasteiger partial charge on any atom is 0.416 e. The normalized spacial score (nSPS) is 22.0. The van der Waals surface area contributed by atoms with E-state index in [1.807, 2.05) is 45.0 Å². The number of nitrogens with zero attached hydrogens (tertiary/aromatic N) is 1. The number of carbonyl (C=O) groups is 2. The predicted molar refractivity (Wildman–Crippen MR) is 117 cm³/mol. The van der Waals surface area contributed by atoms with Crippen LogP contribution < -0.4 is 5.32 Å². The Labute approximate surface area is 190 Å². The Kier molecular flexibility index (Phi) is 5.66. The highest BCUT2D eigenvalue weighted by molar-refractivity contribution is 5.88. The van der Waals surface area contributed by atoms with Crippen molar-refractivity contribution in [1.29, 1.82) is 0 Å². The Morgan fingerprint density at radius 2 is 1.79 bits per heavy atom. The first-order valence-corrected chi connectivity index (χ1v) is 10.9. The number of nitrogens with one attached hydrogen (secondary N) is 1. The van der Waals surface area contributed by atoms with E-state index in [4.69, 9.17) is 4.74 Å². The molecule has 5 nitrogen and oxygen atoms in total. The minimum Gasteiger partial charge on any atom is -0.444 e. The zero-order chi connectivity index (χ0) is 24.0. The molecule has 1 heterocycles. The van der Waals surface area contributed by atoms with Gasteiger partial charge in [-0.15, -0.1) is 0 Å². The largest absolute Gasteiger partial charge is 0.444 e. The van der Waals surface area contributed by atoms with Gasteiger partial charge in [-0.2, -0.15) is 13.2 Å². The molecule has 2 aromatic rings. The molecule has 0 aromatic heterocycles. The lowest BCUT2D eigenvalue weighted by molar-refractivity contribution is -0.137. The summed E-state index contributed by atoms with van der Waals surface area (Å²) in [5.74, 6) is 0.0574. The van der Waals surface area contributed by atoms with Gasteiger partial charge in [0.25, 0.3) is 0 Å². The number of carbonyl (C=O) groups excluding carboxylic acids is 2. The van der Waals surface area contributed by atoms with E-state index in [1.165, 1.54) is 12.1 Å². The summed E-state index contributed by atoms with van der Waals surface area (Å²) < 4.78 is 43.8. The third-order valence-corrected chi connectivity index (χ3v) is 6.18. The van der Waals surface area contributed by atoms with E-state index in [1.54, 1.807) is 4.90 Å². The van der Waals surface area contributed by atoms with E-state index in [0.717, 1.165) is 29.7 Å². The van der Waals surface area contributed by atoms with Crippen LogP contribution in [-0.4, -0.2) is 35.6 Å². The third-order valence-electron chi connectivity index (χ3n) is 6.18. The highest BCUT2D eigenvalue weighted by Crippen LogP contribution is 2.58. The average Bonchev–Trinajstić information content (AvgIpc) is 3.31. The van der Waals surface area contributed by atoms with Gasteiger partial charge in [-0.05, 0) is 68.0 Å². The number of halogens is 3. The fourth-order valence-electron chi connectivity index (χ4n) is 4.37. The minimum absolute atomic E-state index is 0.0847. The summed E-state index contributed by atoms with van der Waals surface area (Å²) in [5, 5.41) is 2.97. The number of likely N-dealkylation sites (tertiary alicyclic amines) is 1. The van der Waals surface area contributed by atoms with Crippen molar-refractivity contribution in [2.45, 2.75) is 45.5 Å². The van der Waals surface area contributed by atoms with E-state index in [2.05, 4.69) is 5.32 Å². The molecule has 2 atom stereocenters. The van der Waals surface area contributed by atoms with Gasteiger partial charge in [-0.3, -0.25) is 4.79 Å². The summed E-state index contributed by atoms with van der Waals surface area (Å²) in [7, 11) is 0. The number of hydrogen-bond donors (Lipinski definition) is 1. The monoisotopic (exact) mass is 460 g/mol. The maximum absolute atomic E-state index is 12.9. The lowest BCUT2D eigenvalue weighted by Crippen LogP contribution is -2.40. The molecule has 33 heavy (non-hydrogen) atoms. The number of hydrogen-bond acceptors (Lipinski definition) is 3. The van der Waals surface area contributed by atoms with Gasteiger partial charge in [0, 0.05) is 19.6 Å². The second-order valence-electron chi connectivity index (χ2n) is 9.88. The number of amides is 2. The zero-order valence-electron chi connectivity index (χ0n) is 18.8. The SMILES string of the molecule is CC(C)(C)OC(=O)N1C[C@@H]2C[C@@]2(C(=O)NCc2cccc(-c3ccc(C(F)(F)F)cc3)c2)C1. The number of benzene rings is 2. The highest BCUT2D eigenvalue weighted by Gasteiger charge is 2.65. The number of piperidine rings is 1. The predicted octanol–water partition coefficient (Wildman–Crippen LogP) is 5.25. The first-order chi connectivity index (χ1) is 15.4. The smallest absolute Gasteiger partial charge is 0.416 e. The summed E-state index contributed by atoms with van der Waals surface area (Å²) >= 11 is 0. The van der Waals surface area contributed by atoms with Crippen LogP contribution in [0.2, 0.25) is 0 Å². The topological polar surface area (TPSA) is 58.6 Å². The highest BCUT2D eigenvalue weighted by atomic mass is 19.4. The molecule has 8 heteroatoms. The van der Waals surface area contributed by atoms with Crippen LogP contribution in [0.4, 0.5) is 18.0 Å². The molecule has 0 unspecified atom stereocenters. The lowest BCUT2D eigenvalue weighted by atomic mass is 10.0. The molecule has 176 valence electrons. The van der Waals surface area contributed by atoms with Crippen molar-refractivity contribution in [2.75, 3.05) is 13.1 Å². The Morgan fingerprint density at radius 1 is 1.09 bits per heavy atom. The van der Waals surface area contributed by atoms with E-state index < -0.39 is 28.8 Å². The summed E-state index contributed by atoms with van der Waals surface area (Å²) in [4.78, 5) is 26.9. The first kappa shape index (κ1) is 23.1. The van der Waals surface area contributed by atoms with E-state index in [9.17, 15) is 22.8 Å². The molecule has 1 saturated carbocycles. The molecule has 1 saturated heterocycles. The van der Waals surface area contributed by atoms with Crippen molar-refractivity contribution in [3.63, 3.8) is 0 Å². The Morgan fingerprint density at radius 3 is 2.42 bits per heavy atom. The molecule has 1 aliphatic carbocycles. The Bertz CT molecular complexity index is 1060. The molecule has 2 aliphatic rings. The Balaban J connectivity index is 1.37. The van der Waals surface area contributed by atoms with Crippen LogP contribution in [0.1, 0.15) is 38.3 Å². The number of fused-ring (bicyclic) bond motifs is 1. The second-order valence-corrected chi connectivity index (χ2v) is 9.88. The molecule has 0 bridgehead atoms. The van der Waals surface area contributed by atoms with Crippen molar-refractivity contribution in [3.05, 3.63) is 59.7 Å². The molecule has 0 spiro atoms. The van der Waals surface area contributed by atoms with Gasteiger partial charge >= 0.3 is 12.3 Å². The molecular formula is C25H27F3N2O3. The Hall–Kier alpha value is -3.03. The molecule has 1 N–H and O–H groups in total. The van der Waals surface area contributed by atoms with Crippen LogP contribution >= 0.6 is 0 Å². The molecule has 0 radical (unpaired) electrons. The van der Waals surface area contributed by atoms with Crippen LogP contribution in [0.5, 0.6) is 0 Å². The maximum atomic E-state index is 12.9. The quantitative estimate of drug-likeness (QED) is 0.679. The van der Waals surface area contributed by atoms with Gasteiger partial charge in [-0.1, -0.05) is 30.3 Å². The molecule has 1 aliphatic heterocycles. The summed E-state index contributed by atoms with van der Waals surface area (Å²) in [6, 6.07) is 12.4. The van der Waals surface area contributed by atoms with Gasteiger partial charge < -0.3 is 15.0 Å². The van der Waals surface area contributed by atoms with Crippen LogP contribution in [-0.2, 0) is 22.3 Å². The zero-order valence-corrected chi connectivity index (χ0v) is 18.8. The fourth-order valence-corrected chi connectivity index (χ4v) is 4.37. The molecule has 2 amide bonds. The fraction of sp³-hybridized carbons (Fsp3) is 0.440. The molecule has 4 rings (SSSR count). The van der Waals surface area contributed by atoms with Gasteiger partial charge in [0.1, 0.15) is 5.60 Å². The van der Waals surface area contributed by atoms with Gasteiger partial charge in [0.05, 0.1) is 11.0 Å².